The lowest BCUT2D eigenvalue weighted by atomic mass is 10.1. The van der Waals surface area contributed by atoms with Crippen LogP contribution in [0, 0.1) is 11.6 Å². The quantitative estimate of drug-likeness (QED) is 0.731. The molecule has 7 heteroatoms. The number of aromatic nitrogens is 2. The van der Waals surface area contributed by atoms with Crippen LogP contribution in [0.3, 0.4) is 0 Å². The van der Waals surface area contributed by atoms with E-state index in [1.807, 2.05) is 13.2 Å². The van der Waals surface area contributed by atoms with Crippen LogP contribution in [0.15, 0.2) is 24.4 Å². The molecule has 0 bridgehead atoms. The Balaban J connectivity index is 2.17. The largest absolute Gasteiger partial charge is 0.395 e. The SMILES string of the molecule is CSC(CO)C(C)NCc1cn[nH]c1-c1c(F)cccc1F. The molecule has 0 aliphatic carbocycles. The van der Waals surface area contributed by atoms with E-state index in [0.29, 0.717) is 17.8 Å². The lowest BCUT2D eigenvalue weighted by Crippen LogP contribution is -2.37. The summed E-state index contributed by atoms with van der Waals surface area (Å²) in [5, 5.41) is 19.1. The summed E-state index contributed by atoms with van der Waals surface area (Å²) in [6.07, 6.45) is 3.48. The second-order valence-corrected chi connectivity index (χ2v) is 6.07. The number of benzene rings is 1. The maximum Gasteiger partial charge on any atom is 0.135 e. The Morgan fingerprint density at radius 1 is 1.36 bits per heavy atom. The number of nitrogens with zero attached hydrogens (tertiary/aromatic N) is 1. The van der Waals surface area contributed by atoms with Crippen LogP contribution in [0.2, 0.25) is 0 Å². The van der Waals surface area contributed by atoms with Gasteiger partial charge in [-0.15, -0.1) is 0 Å². The molecular formula is C15H19F2N3OS. The average molecular weight is 327 g/mol. The van der Waals surface area contributed by atoms with Crippen molar-refractivity contribution >= 4 is 11.8 Å². The van der Waals surface area contributed by atoms with Crippen molar-refractivity contribution in [2.45, 2.75) is 24.8 Å². The summed E-state index contributed by atoms with van der Waals surface area (Å²) in [5.41, 5.74) is 0.904. The van der Waals surface area contributed by atoms with E-state index in [2.05, 4.69) is 15.5 Å². The van der Waals surface area contributed by atoms with Gasteiger partial charge in [0.2, 0.25) is 0 Å². The highest BCUT2D eigenvalue weighted by atomic mass is 32.2. The van der Waals surface area contributed by atoms with Crippen molar-refractivity contribution in [2.24, 2.45) is 0 Å². The third kappa shape index (κ3) is 3.66. The first-order valence-corrected chi connectivity index (χ1v) is 8.21. The predicted octanol–water partition coefficient (Wildman–Crippen LogP) is 2.56. The van der Waals surface area contributed by atoms with Crippen molar-refractivity contribution in [1.82, 2.24) is 15.5 Å². The number of nitrogens with one attached hydrogen (secondary N) is 2. The molecule has 2 atom stereocenters. The topological polar surface area (TPSA) is 60.9 Å². The van der Waals surface area contributed by atoms with E-state index < -0.39 is 11.6 Å². The number of rotatable bonds is 7. The minimum Gasteiger partial charge on any atom is -0.395 e. The fourth-order valence-electron chi connectivity index (χ4n) is 2.24. The van der Waals surface area contributed by atoms with Crippen LogP contribution in [0.4, 0.5) is 8.78 Å². The third-order valence-electron chi connectivity index (χ3n) is 3.59. The third-order valence-corrected chi connectivity index (χ3v) is 4.75. The minimum absolute atomic E-state index is 0.0493. The van der Waals surface area contributed by atoms with Crippen molar-refractivity contribution in [3.8, 4) is 11.3 Å². The first-order chi connectivity index (χ1) is 10.6. The van der Waals surface area contributed by atoms with Crippen molar-refractivity contribution in [2.75, 3.05) is 12.9 Å². The molecule has 0 fully saturated rings. The van der Waals surface area contributed by atoms with E-state index in [0.717, 1.165) is 0 Å². The van der Waals surface area contributed by atoms with Gasteiger partial charge in [-0.1, -0.05) is 6.07 Å². The van der Waals surface area contributed by atoms with Crippen LogP contribution >= 0.6 is 11.8 Å². The van der Waals surface area contributed by atoms with Gasteiger partial charge in [-0.2, -0.15) is 16.9 Å². The van der Waals surface area contributed by atoms with Gasteiger partial charge in [-0.25, -0.2) is 8.78 Å². The van der Waals surface area contributed by atoms with Crippen LogP contribution in [0.25, 0.3) is 11.3 Å². The number of aromatic amines is 1. The van der Waals surface area contributed by atoms with Crippen molar-refractivity contribution in [1.29, 1.82) is 0 Å². The molecule has 1 aromatic heterocycles. The van der Waals surface area contributed by atoms with Crippen molar-refractivity contribution in [3.05, 3.63) is 41.6 Å². The predicted molar refractivity (Wildman–Crippen MR) is 84.6 cm³/mol. The molecule has 4 nitrogen and oxygen atoms in total. The van der Waals surface area contributed by atoms with Gasteiger partial charge in [-0.05, 0) is 25.3 Å². The lowest BCUT2D eigenvalue weighted by molar-refractivity contribution is 0.276. The number of aliphatic hydroxyl groups is 1. The van der Waals surface area contributed by atoms with Crippen LogP contribution in [0.1, 0.15) is 12.5 Å². The second kappa shape index (κ2) is 7.71. The normalized spacial score (nSPS) is 14.0. The van der Waals surface area contributed by atoms with Crippen molar-refractivity contribution < 1.29 is 13.9 Å². The van der Waals surface area contributed by atoms with Gasteiger partial charge in [0.05, 0.1) is 24.1 Å². The number of halogens is 2. The standard InChI is InChI=1S/C15H19F2N3OS/c1-9(13(8-21)22-2)18-6-10-7-19-20-15(10)14-11(16)4-3-5-12(14)17/h3-5,7,9,13,18,21H,6,8H2,1-2H3,(H,19,20). The maximum atomic E-state index is 13.9. The Bertz CT molecular complexity index is 596. The Labute approximate surface area is 132 Å². The van der Waals surface area contributed by atoms with Gasteiger partial charge >= 0.3 is 0 Å². The summed E-state index contributed by atoms with van der Waals surface area (Å²) in [4.78, 5) is 0. The number of thioether (sulfide) groups is 1. The monoisotopic (exact) mass is 327 g/mol. The smallest absolute Gasteiger partial charge is 0.135 e. The Morgan fingerprint density at radius 2 is 2.05 bits per heavy atom. The van der Waals surface area contributed by atoms with Crippen LogP contribution < -0.4 is 5.32 Å². The van der Waals surface area contributed by atoms with Gasteiger partial charge in [0.25, 0.3) is 0 Å². The van der Waals surface area contributed by atoms with Crippen LogP contribution in [-0.4, -0.2) is 39.5 Å². The maximum absolute atomic E-state index is 13.9. The fourth-order valence-corrected chi connectivity index (χ4v) is 2.89. The molecule has 3 N–H and O–H groups in total. The first kappa shape index (κ1) is 16.9. The van der Waals surface area contributed by atoms with E-state index in [-0.39, 0.29) is 23.5 Å². The molecule has 0 spiro atoms. The molecular weight excluding hydrogens is 308 g/mol. The van der Waals surface area contributed by atoms with E-state index in [1.54, 1.807) is 18.0 Å². The van der Waals surface area contributed by atoms with E-state index in [9.17, 15) is 13.9 Å². The van der Waals surface area contributed by atoms with Gasteiger partial charge in [0, 0.05) is 23.4 Å². The Hall–Kier alpha value is -1.44. The van der Waals surface area contributed by atoms with Crippen LogP contribution in [-0.2, 0) is 6.54 Å². The molecule has 22 heavy (non-hydrogen) atoms. The summed E-state index contributed by atoms with van der Waals surface area (Å²) in [6.45, 7) is 2.42. The molecule has 0 radical (unpaired) electrons. The summed E-state index contributed by atoms with van der Waals surface area (Å²) < 4.78 is 27.8. The minimum atomic E-state index is -0.629. The molecule has 0 aliphatic heterocycles. The molecule has 1 aromatic carbocycles. The summed E-state index contributed by atoms with van der Waals surface area (Å²) >= 11 is 1.56. The molecule has 0 aliphatic rings. The van der Waals surface area contributed by atoms with E-state index >= 15 is 0 Å². The highest BCUT2D eigenvalue weighted by molar-refractivity contribution is 7.99. The number of aliphatic hydroxyl groups excluding tert-OH is 1. The Kier molecular flexibility index (Phi) is 5.93. The fraction of sp³-hybridized carbons (Fsp3) is 0.400. The Morgan fingerprint density at radius 3 is 2.64 bits per heavy atom. The average Bonchev–Trinajstić information content (AvgIpc) is 2.94. The lowest BCUT2D eigenvalue weighted by Gasteiger charge is -2.21. The molecule has 2 rings (SSSR count). The molecule has 0 saturated heterocycles. The molecule has 1 heterocycles. The van der Waals surface area contributed by atoms with Crippen molar-refractivity contribution in [3.63, 3.8) is 0 Å². The van der Waals surface area contributed by atoms with E-state index in [1.165, 1.54) is 18.2 Å². The molecule has 0 saturated carbocycles. The zero-order valence-corrected chi connectivity index (χ0v) is 13.3. The molecule has 2 unspecified atom stereocenters. The second-order valence-electron chi connectivity index (χ2n) is 4.99. The number of hydrogen-bond donors (Lipinski definition) is 3. The molecule has 0 amide bonds. The van der Waals surface area contributed by atoms with Gasteiger partial charge in [0.1, 0.15) is 11.6 Å². The number of H-pyrrole nitrogens is 1. The van der Waals surface area contributed by atoms with Crippen LogP contribution in [0.5, 0.6) is 0 Å². The first-order valence-electron chi connectivity index (χ1n) is 6.92. The number of hydrogen-bond acceptors (Lipinski definition) is 4. The highest BCUT2D eigenvalue weighted by Crippen LogP contribution is 2.27. The zero-order chi connectivity index (χ0) is 16.1. The molecule has 2 aromatic rings. The van der Waals surface area contributed by atoms with Gasteiger partial charge < -0.3 is 10.4 Å². The van der Waals surface area contributed by atoms with E-state index in [4.69, 9.17) is 0 Å². The zero-order valence-electron chi connectivity index (χ0n) is 12.4. The van der Waals surface area contributed by atoms with Gasteiger partial charge in [0.15, 0.2) is 0 Å². The summed E-state index contributed by atoms with van der Waals surface area (Å²) in [5.74, 6) is -1.26. The summed E-state index contributed by atoms with van der Waals surface area (Å²) in [7, 11) is 0. The summed E-state index contributed by atoms with van der Waals surface area (Å²) in [6, 6.07) is 3.81. The highest BCUT2D eigenvalue weighted by Gasteiger charge is 2.19. The molecule has 120 valence electrons. The van der Waals surface area contributed by atoms with Gasteiger partial charge in [-0.3, -0.25) is 5.10 Å².